The van der Waals surface area contributed by atoms with Gasteiger partial charge in [0.15, 0.2) is 0 Å². The van der Waals surface area contributed by atoms with Gasteiger partial charge in [0.25, 0.3) is 0 Å². The summed E-state index contributed by atoms with van der Waals surface area (Å²) in [7, 11) is 2.01. The third-order valence-corrected chi connectivity index (χ3v) is 1.68. The fourth-order valence-electron chi connectivity index (χ4n) is 1.05. The van der Waals surface area contributed by atoms with Crippen molar-refractivity contribution in [2.45, 2.75) is 20.3 Å². The van der Waals surface area contributed by atoms with Crippen LogP contribution in [0, 0.1) is 6.92 Å². The first kappa shape index (κ1) is 8.97. The van der Waals surface area contributed by atoms with Crippen molar-refractivity contribution in [3.63, 3.8) is 0 Å². The number of hydrogen-bond donors (Lipinski definition) is 0. The maximum atomic E-state index is 4.31. The normalized spacial score (nSPS) is 9.92. The standard InChI is InChI=1S/C9H15N3/c1-4-7-12(3)9-10-6-5-8(2)11-9/h5-6H,4,7H2,1-3H3. The van der Waals surface area contributed by atoms with Crippen LogP contribution in [0.25, 0.3) is 0 Å². The molecule has 0 aliphatic rings. The zero-order chi connectivity index (χ0) is 8.97. The van der Waals surface area contributed by atoms with Gasteiger partial charge in [-0.3, -0.25) is 0 Å². The molecule has 66 valence electrons. The summed E-state index contributed by atoms with van der Waals surface area (Å²) in [5, 5.41) is 0. The molecule has 0 spiro atoms. The molecular formula is C9H15N3. The Balaban J connectivity index is 2.73. The lowest BCUT2D eigenvalue weighted by atomic mass is 10.4. The molecule has 12 heavy (non-hydrogen) atoms. The number of nitrogens with zero attached hydrogens (tertiary/aromatic N) is 3. The van der Waals surface area contributed by atoms with Crippen LogP contribution in [0.3, 0.4) is 0 Å². The molecule has 0 radical (unpaired) electrons. The molecule has 3 nitrogen and oxygen atoms in total. The van der Waals surface area contributed by atoms with Crippen molar-refractivity contribution < 1.29 is 0 Å². The highest BCUT2D eigenvalue weighted by molar-refractivity contribution is 5.27. The molecule has 1 aromatic heterocycles. The van der Waals surface area contributed by atoms with Crippen LogP contribution in [0.1, 0.15) is 19.0 Å². The quantitative estimate of drug-likeness (QED) is 0.681. The van der Waals surface area contributed by atoms with Crippen molar-refractivity contribution in [1.82, 2.24) is 9.97 Å². The highest BCUT2D eigenvalue weighted by atomic mass is 15.2. The van der Waals surface area contributed by atoms with E-state index in [4.69, 9.17) is 0 Å². The summed E-state index contributed by atoms with van der Waals surface area (Å²) in [5.41, 5.74) is 1.02. The summed E-state index contributed by atoms with van der Waals surface area (Å²) in [6, 6.07) is 1.91. The first-order valence-corrected chi connectivity index (χ1v) is 4.25. The zero-order valence-corrected chi connectivity index (χ0v) is 7.91. The molecule has 0 saturated carbocycles. The Hall–Kier alpha value is -1.12. The van der Waals surface area contributed by atoms with Crippen LogP contribution < -0.4 is 4.90 Å². The van der Waals surface area contributed by atoms with Crippen molar-refractivity contribution in [2.75, 3.05) is 18.5 Å². The number of aromatic nitrogens is 2. The number of hydrogen-bond acceptors (Lipinski definition) is 3. The average molecular weight is 165 g/mol. The molecule has 0 aliphatic carbocycles. The molecule has 0 saturated heterocycles. The number of rotatable bonds is 3. The van der Waals surface area contributed by atoms with Crippen LogP contribution in [-0.2, 0) is 0 Å². The maximum absolute atomic E-state index is 4.31. The van der Waals surface area contributed by atoms with Crippen LogP contribution in [0.15, 0.2) is 12.3 Å². The molecule has 0 amide bonds. The van der Waals surface area contributed by atoms with Gasteiger partial charge in [-0.2, -0.15) is 0 Å². The predicted octanol–water partition coefficient (Wildman–Crippen LogP) is 1.63. The SMILES string of the molecule is CCCN(C)c1nccc(C)n1. The molecule has 0 aliphatic heterocycles. The van der Waals surface area contributed by atoms with E-state index in [-0.39, 0.29) is 0 Å². The minimum absolute atomic E-state index is 0.817. The average Bonchev–Trinajstić information content (AvgIpc) is 2.05. The molecule has 0 atom stereocenters. The lowest BCUT2D eigenvalue weighted by molar-refractivity contribution is 0.815. The van der Waals surface area contributed by atoms with Crippen molar-refractivity contribution in [3.8, 4) is 0 Å². The van der Waals surface area contributed by atoms with Gasteiger partial charge in [0.2, 0.25) is 5.95 Å². The van der Waals surface area contributed by atoms with Crippen molar-refractivity contribution in [1.29, 1.82) is 0 Å². The van der Waals surface area contributed by atoms with Gasteiger partial charge in [-0.05, 0) is 19.4 Å². The van der Waals surface area contributed by atoms with Crippen molar-refractivity contribution in [2.24, 2.45) is 0 Å². The van der Waals surface area contributed by atoms with Gasteiger partial charge < -0.3 is 4.90 Å². The summed E-state index contributed by atoms with van der Waals surface area (Å²) in [5.74, 6) is 0.817. The smallest absolute Gasteiger partial charge is 0.225 e. The fraction of sp³-hybridized carbons (Fsp3) is 0.556. The summed E-state index contributed by atoms with van der Waals surface area (Å²) in [6.07, 6.45) is 2.91. The maximum Gasteiger partial charge on any atom is 0.225 e. The second-order valence-corrected chi connectivity index (χ2v) is 2.92. The fourth-order valence-corrected chi connectivity index (χ4v) is 1.05. The van der Waals surface area contributed by atoms with Crippen LogP contribution >= 0.6 is 0 Å². The molecule has 0 aromatic carbocycles. The molecule has 1 heterocycles. The predicted molar refractivity (Wildman–Crippen MR) is 50.3 cm³/mol. The van der Waals surface area contributed by atoms with E-state index in [1.165, 1.54) is 0 Å². The number of aryl methyl sites for hydroxylation is 1. The lowest BCUT2D eigenvalue weighted by Crippen LogP contribution is -2.20. The summed E-state index contributed by atoms with van der Waals surface area (Å²) < 4.78 is 0. The van der Waals surface area contributed by atoms with Crippen LogP contribution in [-0.4, -0.2) is 23.6 Å². The van der Waals surface area contributed by atoms with E-state index in [2.05, 4.69) is 21.8 Å². The van der Waals surface area contributed by atoms with E-state index in [9.17, 15) is 0 Å². The molecule has 0 fully saturated rings. The molecular weight excluding hydrogens is 150 g/mol. The van der Waals surface area contributed by atoms with Crippen LogP contribution in [0.2, 0.25) is 0 Å². The summed E-state index contributed by atoms with van der Waals surface area (Å²) in [6.45, 7) is 5.13. The first-order valence-electron chi connectivity index (χ1n) is 4.25. The molecule has 3 heteroatoms. The topological polar surface area (TPSA) is 29.0 Å². The highest BCUT2D eigenvalue weighted by Gasteiger charge is 2.01. The Kier molecular flexibility index (Phi) is 3.02. The highest BCUT2D eigenvalue weighted by Crippen LogP contribution is 2.04. The second-order valence-electron chi connectivity index (χ2n) is 2.92. The van der Waals surface area contributed by atoms with E-state index in [1.54, 1.807) is 6.20 Å². The van der Waals surface area contributed by atoms with Gasteiger partial charge in [0.1, 0.15) is 0 Å². The second kappa shape index (κ2) is 4.04. The Bertz CT molecular complexity index is 247. The summed E-state index contributed by atoms with van der Waals surface area (Å²) in [4.78, 5) is 10.5. The van der Waals surface area contributed by atoms with Gasteiger partial charge >= 0.3 is 0 Å². The van der Waals surface area contributed by atoms with Gasteiger partial charge in [-0.25, -0.2) is 9.97 Å². The van der Waals surface area contributed by atoms with Crippen molar-refractivity contribution >= 4 is 5.95 Å². The lowest BCUT2D eigenvalue weighted by Gasteiger charge is -2.15. The third-order valence-electron chi connectivity index (χ3n) is 1.68. The molecule has 0 N–H and O–H groups in total. The van der Waals surface area contributed by atoms with E-state index in [0.717, 1.165) is 24.6 Å². The Morgan fingerprint density at radius 1 is 1.50 bits per heavy atom. The van der Waals surface area contributed by atoms with Gasteiger partial charge in [0, 0.05) is 25.5 Å². The molecule has 1 aromatic rings. The van der Waals surface area contributed by atoms with E-state index < -0.39 is 0 Å². The number of anilines is 1. The van der Waals surface area contributed by atoms with Crippen LogP contribution in [0.5, 0.6) is 0 Å². The Morgan fingerprint density at radius 3 is 2.83 bits per heavy atom. The van der Waals surface area contributed by atoms with E-state index in [0.29, 0.717) is 0 Å². The van der Waals surface area contributed by atoms with E-state index in [1.807, 2.05) is 20.0 Å². The Labute approximate surface area is 73.5 Å². The zero-order valence-electron chi connectivity index (χ0n) is 7.91. The minimum Gasteiger partial charge on any atom is -0.344 e. The molecule has 1 rings (SSSR count). The Morgan fingerprint density at radius 2 is 2.25 bits per heavy atom. The van der Waals surface area contributed by atoms with Crippen molar-refractivity contribution in [3.05, 3.63) is 18.0 Å². The third kappa shape index (κ3) is 2.19. The monoisotopic (exact) mass is 165 g/mol. The van der Waals surface area contributed by atoms with E-state index >= 15 is 0 Å². The van der Waals surface area contributed by atoms with Crippen LogP contribution in [0.4, 0.5) is 5.95 Å². The largest absolute Gasteiger partial charge is 0.344 e. The van der Waals surface area contributed by atoms with Gasteiger partial charge in [-0.1, -0.05) is 6.92 Å². The summed E-state index contributed by atoms with van der Waals surface area (Å²) >= 11 is 0. The molecule has 0 unspecified atom stereocenters. The van der Waals surface area contributed by atoms with Gasteiger partial charge in [-0.15, -0.1) is 0 Å². The molecule has 0 bridgehead atoms. The minimum atomic E-state index is 0.817. The van der Waals surface area contributed by atoms with Gasteiger partial charge in [0.05, 0.1) is 0 Å². The first-order chi connectivity index (χ1) is 5.74.